The van der Waals surface area contributed by atoms with E-state index in [1.54, 1.807) is 0 Å². The van der Waals surface area contributed by atoms with Crippen LogP contribution in [0.1, 0.15) is 6.92 Å². The van der Waals surface area contributed by atoms with Gasteiger partial charge in [-0.3, -0.25) is 0 Å². The molecule has 0 fully saturated rings. The molecule has 0 radical (unpaired) electrons. The molecule has 4 aromatic rings. The van der Waals surface area contributed by atoms with Gasteiger partial charge in [-0.15, -0.1) is 0 Å². The van der Waals surface area contributed by atoms with Gasteiger partial charge in [0.05, 0.1) is 23.0 Å². The molecule has 6 N–H and O–H groups in total. The average molecular weight is 433 g/mol. The summed E-state index contributed by atoms with van der Waals surface area (Å²) in [5, 5.41) is 8.89. The van der Waals surface area contributed by atoms with Crippen molar-refractivity contribution in [2.24, 2.45) is 0 Å². The van der Waals surface area contributed by atoms with Crippen molar-refractivity contribution in [3.8, 4) is 16.9 Å². The highest BCUT2D eigenvalue weighted by atomic mass is 19.4. The van der Waals surface area contributed by atoms with Gasteiger partial charge in [0.2, 0.25) is 5.95 Å². The van der Waals surface area contributed by atoms with E-state index in [1.165, 1.54) is 0 Å². The van der Waals surface area contributed by atoms with E-state index in [4.69, 9.17) is 26.1 Å². The first-order chi connectivity index (χ1) is 14.6. The number of ether oxygens (including phenoxy) is 1. The van der Waals surface area contributed by atoms with Gasteiger partial charge in [-0.2, -0.15) is 18.2 Å². The van der Waals surface area contributed by atoms with Gasteiger partial charge in [-0.1, -0.05) is 18.2 Å². The molecular weight excluding hydrogens is 415 g/mol. The van der Waals surface area contributed by atoms with E-state index < -0.39 is 12.1 Å². The number of aromatic nitrogens is 3. The molecule has 0 aliphatic carbocycles. The van der Waals surface area contributed by atoms with Gasteiger partial charge in [0.1, 0.15) is 11.6 Å². The minimum atomic E-state index is -5.08. The fourth-order valence-electron chi connectivity index (χ4n) is 3.09. The fourth-order valence-corrected chi connectivity index (χ4v) is 3.09. The van der Waals surface area contributed by atoms with E-state index in [1.807, 2.05) is 49.5 Å². The molecule has 31 heavy (non-hydrogen) atoms. The number of H-pyrrole nitrogens is 1. The van der Waals surface area contributed by atoms with E-state index in [0.717, 1.165) is 33.2 Å². The molecule has 11 heteroatoms. The predicted molar refractivity (Wildman–Crippen MR) is 111 cm³/mol. The van der Waals surface area contributed by atoms with Gasteiger partial charge in [0, 0.05) is 22.7 Å². The van der Waals surface area contributed by atoms with Crippen LogP contribution < -0.4 is 16.2 Å². The molecule has 8 nitrogen and oxygen atoms in total. The molecule has 2 heterocycles. The summed E-state index contributed by atoms with van der Waals surface area (Å²) >= 11 is 0. The first-order valence-electron chi connectivity index (χ1n) is 8.98. The molecule has 2 aromatic carbocycles. The molecule has 0 bridgehead atoms. The maximum Gasteiger partial charge on any atom is 0.490 e. The smallest absolute Gasteiger partial charge is 0.490 e. The normalized spacial score (nSPS) is 11.2. The number of nitrogen functional groups attached to an aromatic ring is 2. The lowest BCUT2D eigenvalue weighted by atomic mass is 9.99. The quantitative estimate of drug-likeness (QED) is 0.383. The van der Waals surface area contributed by atoms with Crippen LogP contribution in [0.2, 0.25) is 0 Å². The number of nitrogens with one attached hydrogen (secondary N) is 1. The summed E-state index contributed by atoms with van der Waals surface area (Å²) in [6, 6.07) is 11.9. The van der Waals surface area contributed by atoms with Crippen LogP contribution in [0.15, 0.2) is 42.6 Å². The molecule has 0 spiro atoms. The molecule has 0 unspecified atom stereocenters. The standard InChI is InChI=1S/C18H17N5O.C2HF3O2/c1-2-24-14-6-4-3-5-10(14)12-9-13-15(11-7-8-21-16(11)12)17(19)23-18(20)22-13;3-2(4,5)1(6)7/h3-9,21H,2H2,1H3,(H4,19,20,22,23);(H,6,7). The molecule has 162 valence electrons. The maximum absolute atomic E-state index is 10.6. The lowest BCUT2D eigenvalue weighted by Gasteiger charge is -2.13. The third kappa shape index (κ3) is 4.44. The predicted octanol–water partition coefficient (Wildman–Crippen LogP) is 3.97. The van der Waals surface area contributed by atoms with E-state index >= 15 is 0 Å². The number of benzene rings is 2. The second-order valence-electron chi connectivity index (χ2n) is 6.28. The van der Waals surface area contributed by atoms with E-state index in [2.05, 4.69) is 15.0 Å². The van der Waals surface area contributed by atoms with Crippen LogP contribution in [0, 0.1) is 0 Å². The summed E-state index contributed by atoms with van der Waals surface area (Å²) in [6.07, 6.45) is -3.20. The van der Waals surface area contributed by atoms with Crippen LogP contribution in [-0.2, 0) is 4.79 Å². The Morgan fingerprint density at radius 3 is 2.48 bits per heavy atom. The average Bonchev–Trinajstić information content (AvgIpc) is 3.17. The second-order valence-corrected chi connectivity index (χ2v) is 6.28. The summed E-state index contributed by atoms with van der Waals surface area (Å²) in [5.41, 5.74) is 15.5. The van der Waals surface area contributed by atoms with Crippen molar-refractivity contribution < 1.29 is 27.8 Å². The summed E-state index contributed by atoms with van der Waals surface area (Å²) in [6.45, 7) is 2.57. The number of anilines is 2. The molecule has 0 amide bonds. The number of hydrogen-bond acceptors (Lipinski definition) is 6. The molecule has 0 saturated carbocycles. The number of para-hydroxylation sites is 1. The van der Waals surface area contributed by atoms with Crippen molar-refractivity contribution in [3.63, 3.8) is 0 Å². The summed E-state index contributed by atoms with van der Waals surface area (Å²) in [4.78, 5) is 20.6. The van der Waals surface area contributed by atoms with Crippen LogP contribution in [0.4, 0.5) is 24.9 Å². The van der Waals surface area contributed by atoms with Gasteiger partial charge >= 0.3 is 12.1 Å². The van der Waals surface area contributed by atoms with Crippen molar-refractivity contribution in [1.29, 1.82) is 0 Å². The molecule has 0 aliphatic heterocycles. The number of halogens is 3. The monoisotopic (exact) mass is 433 g/mol. The molecule has 0 aliphatic rings. The zero-order chi connectivity index (χ0) is 22.8. The lowest BCUT2D eigenvalue weighted by molar-refractivity contribution is -0.192. The number of rotatable bonds is 3. The number of fused-ring (bicyclic) bond motifs is 3. The number of aromatic amines is 1. The number of carbonyl (C=O) groups is 1. The zero-order valence-electron chi connectivity index (χ0n) is 16.2. The zero-order valence-corrected chi connectivity index (χ0v) is 16.2. The molecule has 2 aromatic heterocycles. The second kappa shape index (κ2) is 8.38. The van der Waals surface area contributed by atoms with Crippen molar-refractivity contribution in [2.45, 2.75) is 13.1 Å². The largest absolute Gasteiger partial charge is 0.493 e. The van der Waals surface area contributed by atoms with Gasteiger partial charge in [-0.05, 0) is 25.1 Å². The third-order valence-corrected chi connectivity index (χ3v) is 4.27. The Morgan fingerprint density at radius 2 is 1.84 bits per heavy atom. The van der Waals surface area contributed by atoms with Crippen LogP contribution >= 0.6 is 0 Å². The number of carboxylic acids is 1. The Bertz CT molecular complexity index is 1250. The Hall–Kier alpha value is -4.02. The van der Waals surface area contributed by atoms with Gasteiger partial charge in [0.15, 0.2) is 0 Å². The van der Waals surface area contributed by atoms with Crippen molar-refractivity contribution in [2.75, 3.05) is 18.1 Å². The molecule has 0 atom stereocenters. The van der Waals surface area contributed by atoms with Gasteiger partial charge < -0.3 is 26.3 Å². The Balaban J connectivity index is 0.000000339. The molecular formula is C20H18F3N5O3. The minimum absolute atomic E-state index is 0.166. The van der Waals surface area contributed by atoms with Crippen molar-refractivity contribution in [1.82, 2.24) is 15.0 Å². The van der Waals surface area contributed by atoms with Crippen LogP contribution in [-0.4, -0.2) is 38.8 Å². The van der Waals surface area contributed by atoms with E-state index in [-0.39, 0.29) is 5.95 Å². The van der Waals surface area contributed by atoms with Crippen molar-refractivity contribution in [3.05, 3.63) is 42.6 Å². The van der Waals surface area contributed by atoms with Crippen LogP contribution in [0.3, 0.4) is 0 Å². The van der Waals surface area contributed by atoms with Crippen molar-refractivity contribution >= 4 is 39.5 Å². The highest BCUT2D eigenvalue weighted by Gasteiger charge is 2.38. The number of alkyl halides is 3. The van der Waals surface area contributed by atoms with Crippen LogP contribution in [0.5, 0.6) is 5.75 Å². The topological polar surface area (TPSA) is 140 Å². The van der Waals surface area contributed by atoms with Gasteiger partial charge in [-0.25, -0.2) is 9.78 Å². The molecule has 0 saturated heterocycles. The number of nitrogens with two attached hydrogens (primary N) is 2. The Morgan fingerprint density at radius 1 is 1.16 bits per heavy atom. The Kier molecular flexibility index (Phi) is 5.86. The first-order valence-corrected chi connectivity index (χ1v) is 8.98. The fraction of sp³-hybridized carbons (Fsp3) is 0.150. The first kappa shape index (κ1) is 21.7. The SMILES string of the molecule is CCOc1ccccc1-c1cc2nc(N)nc(N)c2c2cc[nH]c12.O=C(O)C(F)(F)F. The highest BCUT2D eigenvalue weighted by Crippen LogP contribution is 2.39. The van der Waals surface area contributed by atoms with Gasteiger partial charge in [0.25, 0.3) is 0 Å². The molecule has 4 rings (SSSR count). The minimum Gasteiger partial charge on any atom is -0.493 e. The lowest BCUT2D eigenvalue weighted by Crippen LogP contribution is -2.21. The Labute approximate surface area is 173 Å². The number of carboxylic acid groups (broad SMARTS) is 1. The summed E-state index contributed by atoms with van der Waals surface area (Å²) in [7, 11) is 0. The summed E-state index contributed by atoms with van der Waals surface area (Å²) < 4.78 is 37.5. The maximum atomic E-state index is 10.6. The van der Waals surface area contributed by atoms with E-state index in [0.29, 0.717) is 17.9 Å². The van der Waals surface area contributed by atoms with Crippen LogP contribution in [0.25, 0.3) is 32.9 Å². The third-order valence-electron chi connectivity index (χ3n) is 4.27. The van der Waals surface area contributed by atoms with E-state index in [9.17, 15) is 13.2 Å². The number of nitrogens with zero attached hydrogens (tertiary/aromatic N) is 2. The number of hydrogen-bond donors (Lipinski definition) is 4. The number of aliphatic carboxylic acids is 1. The highest BCUT2D eigenvalue weighted by molar-refractivity contribution is 6.15. The summed E-state index contributed by atoms with van der Waals surface area (Å²) in [5.74, 6) is -1.39.